The summed E-state index contributed by atoms with van der Waals surface area (Å²) in [5.74, 6) is -0.633. The summed E-state index contributed by atoms with van der Waals surface area (Å²) in [5.41, 5.74) is 4.01. The fourth-order valence-electron chi connectivity index (χ4n) is 2.63. The molecule has 0 aliphatic heterocycles. The lowest BCUT2D eigenvalue weighted by molar-refractivity contribution is 0.0526. The van der Waals surface area contributed by atoms with Gasteiger partial charge in [-0.1, -0.05) is 0 Å². The third kappa shape index (κ3) is 3.38. The van der Waals surface area contributed by atoms with Gasteiger partial charge in [-0.2, -0.15) is 0 Å². The van der Waals surface area contributed by atoms with Gasteiger partial charge in [0, 0.05) is 11.9 Å². The largest absolute Gasteiger partial charge is 0.462 e. The van der Waals surface area contributed by atoms with Crippen LogP contribution in [0.15, 0.2) is 42.6 Å². The molecule has 3 rings (SSSR count). The number of amides is 1. The summed E-state index contributed by atoms with van der Waals surface area (Å²) in [5, 5.41) is 2.84. The minimum Gasteiger partial charge on any atom is -0.462 e. The molecule has 1 aromatic carbocycles. The summed E-state index contributed by atoms with van der Waals surface area (Å²) in [6, 6.07) is 10.5. The first-order chi connectivity index (χ1) is 12.0. The van der Waals surface area contributed by atoms with Crippen molar-refractivity contribution in [2.75, 3.05) is 11.9 Å². The van der Waals surface area contributed by atoms with Crippen molar-refractivity contribution in [1.29, 1.82) is 0 Å². The van der Waals surface area contributed by atoms with E-state index in [9.17, 15) is 9.59 Å². The molecule has 128 valence electrons. The monoisotopic (exact) mass is 337 g/mol. The van der Waals surface area contributed by atoms with Crippen LogP contribution in [0.4, 0.5) is 5.69 Å². The van der Waals surface area contributed by atoms with E-state index in [4.69, 9.17) is 4.74 Å². The molecule has 3 aromatic rings. The van der Waals surface area contributed by atoms with Gasteiger partial charge in [-0.15, -0.1) is 0 Å². The predicted octanol–water partition coefficient (Wildman–Crippen LogP) is 3.38. The molecule has 2 heterocycles. The van der Waals surface area contributed by atoms with E-state index in [0.717, 1.165) is 11.2 Å². The van der Waals surface area contributed by atoms with Crippen molar-refractivity contribution < 1.29 is 14.3 Å². The number of hydrogen-bond acceptors (Lipinski definition) is 4. The van der Waals surface area contributed by atoms with E-state index < -0.39 is 0 Å². The van der Waals surface area contributed by atoms with Gasteiger partial charge in [0.25, 0.3) is 5.91 Å². The van der Waals surface area contributed by atoms with Crippen LogP contribution >= 0.6 is 0 Å². The molecule has 0 atom stereocenters. The predicted molar refractivity (Wildman–Crippen MR) is 95.0 cm³/mol. The Morgan fingerprint density at radius 2 is 1.88 bits per heavy atom. The summed E-state index contributed by atoms with van der Waals surface area (Å²) in [7, 11) is 0. The second kappa shape index (κ2) is 6.76. The first-order valence-corrected chi connectivity index (χ1v) is 8.03. The zero-order valence-corrected chi connectivity index (χ0v) is 14.4. The molecule has 0 aliphatic rings. The van der Waals surface area contributed by atoms with Gasteiger partial charge < -0.3 is 10.1 Å². The Balaban J connectivity index is 1.83. The van der Waals surface area contributed by atoms with Crippen LogP contribution in [-0.4, -0.2) is 27.9 Å². The smallest absolute Gasteiger partial charge is 0.338 e. The van der Waals surface area contributed by atoms with Gasteiger partial charge >= 0.3 is 5.97 Å². The molecule has 0 aliphatic carbocycles. The zero-order chi connectivity index (χ0) is 18.0. The molecule has 2 aromatic heterocycles. The number of anilines is 1. The number of benzene rings is 1. The Bertz CT molecular complexity index is 942. The van der Waals surface area contributed by atoms with Crippen LogP contribution in [0.1, 0.15) is 39.0 Å². The highest BCUT2D eigenvalue weighted by Gasteiger charge is 2.17. The highest BCUT2D eigenvalue weighted by atomic mass is 16.5. The Morgan fingerprint density at radius 1 is 1.16 bits per heavy atom. The minimum absolute atomic E-state index is 0.252. The maximum absolute atomic E-state index is 12.7. The van der Waals surface area contributed by atoms with Gasteiger partial charge in [-0.05, 0) is 62.7 Å². The number of esters is 1. The molecular weight excluding hydrogens is 318 g/mol. The second-order valence-electron chi connectivity index (χ2n) is 5.73. The third-order valence-corrected chi connectivity index (χ3v) is 3.82. The van der Waals surface area contributed by atoms with E-state index in [2.05, 4.69) is 10.3 Å². The lowest BCUT2D eigenvalue weighted by Gasteiger charge is -2.07. The Kier molecular flexibility index (Phi) is 4.52. The topological polar surface area (TPSA) is 72.7 Å². The van der Waals surface area contributed by atoms with Crippen LogP contribution in [0.25, 0.3) is 5.65 Å². The highest BCUT2D eigenvalue weighted by Crippen LogP contribution is 2.17. The molecule has 0 unspecified atom stereocenters. The van der Waals surface area contributed by atoms with Gasteiger partial charge in [-0.25, -0.2) is 9.78 Å². The maximum atomic E-state index is 12.7. The molecule has 0 fully saturated rings. The van der Waals surface area contributed by atoms with Crippen molar-refractivity contribution in [1.82, 2.24) is 9.38 Å². The number of nitrogens with one attached hydrogen (secondary N) is 1. The van der Waals surface area contributed by atoms with Gasteiger partial charge in [0.1, 0.15) is 11.3 Å². The summed E-state index contributed by atoms with van der Waals surface area (Å²) in [6.07, 6.45) is 1.84. The van der Waals surface area contributed by atoms with E-state index in [1.165, 1.54) is 0 Å². The highest BCUT2D eigenvalue weighted by molar-refractivity contribution is 6.04. The fraction of sp³-hybridized carbons (Fsp3) is 0.211. The summed E-state index contributed by atoms with van der Waals surface area (Å²) in [6.45, 7) is 5.87. The lowest BCUT2D eigenvalue weighted by atomic mass is 10.2. The normalized spacial score (nSPS) is 10.7. The summed E-state index contributed by atoms with van der Waals surface area (Å²) >= 11 is 0. The summed E-state index contributed by atoms with van der Waals surface area (Å²) < 4.78 is 6.71. The van der Waals surface area contributed by atoms with Crippen LogP contribution in [0.2, 0.25) is 0 Å². The number of ether oxygens (including phenoxy) is 1. The number of hydrogen-bond donors (Lipinski definition) is 1. The average Bonchev–Trinajstić information content (AvgIpc) is 2.90. The van der Waals surface area contributed by atoms with Crippen LogP contribution in [-0.2, 0) is 4.74 Å². The number of aryl methyl sites for hydroxylation is 2. The maximum Gasteiger partial charge on any atom is 0.338 e. The average molecular weight is 337 g/mol. The number of fused-ring (bicyclic) bond motifs is 1. The van der Waals surface area contributed by atoms with E-state index in [1.807, 2.05) is 25.3 Å². The quantitative estimate of drug-likeness (QED) is 0.741. The van der Waals surface area contributed by atoms with Crippen LogP contribution in [0, 0.1) is 13.8 Å². The molecular formula is C19H19N3O3. The van der Waals surface area contributed by atoms with E-state index in [0.29, 0.717) is 29.2 Å². The molecule has 0 radical (unpaired) electrons. The Labute approximate surface area is 145 Å². The van der Waals surface area contributed by atoms with Crippen molar-refractivity contribution in [2.24, 2.45) is 0 Å². The lowest BCUT2D eigenvalue weighted by Crippen LogP contribution is -2.15. The van der Waals surface area contributed by atoms with E-state index >= 15 is 0 Å². The molecule has 0 spiro atoms. The number of nitrogens with zero attached hydrogens (tertiary/aromatic N) is 2. The SMILES string of the molecule is CCOC(=O)c1ccc(NC(=O)c2c(C)nc3cc(C)ccn23)cc1. The molecule has 25 heavy (non-hydrogen) atoms. The minimum atomic E-state index is -0.381. The van der Waals surface area contributed by atoms with Crippen LogP contribution < -0.4 is 5.32 Å². The first kappa shape index (κ1) is 16.7. The van der Waals surface area contributed by atoms with Crippen molar-refractivity contribution in [3.05, 3.63) is 65.1 Å². The Morgan fingerprint density at radius 3 is 2.56 bits per heavy atom. The van der Waals surface area contributed by atoms with Gasteiger partial charge in [0.05, 0.1) is 17.9 Å². The number of aromatic nitrogens is 2. The van der Waals surface area contributed by atoms with Crippen molar-refractivity contribution in [3.8, 4) is 0 Å². The van der Waals surface area contributed by atoms with Gasteiger partial charge in [0.15, 0.2) is 0 Å². The molecule has 1 N–H and O–H groups in total. The van der Waals surface area contributed by atoms with E-state index in [-0.39, 0.29) is 11.9 Å². The number of rotatable bonds is 4. The number of pyridine rings is 1. The third-order valence-electron chi connectivity index (χ3n) is 3.82. The van der Waals surface area contributed by atoms with Crippen molar-refractivity contribution in [2.45, 2.75) is 20.8 Å². The van der Waals surface area contributed by atoms with Crippen molar-refractivity contribution in [3.63, 3.8) is 0 Å². The molecule has 0 saturated carbocycles. The number of carbonyl (C=O) groups excluding carboxylic acids is 2. The molecule has 6 nitrogen and oxygen atoms in total. The zero-order valence-electron chi connectivity index (χ0n) is 14.4. The molecule has 1 amide bonds. The van der Waals surface area contributed by atoms with Gasteiger partial charge in [0.2, 0.25) is 0 Å². The summed E-state index contributed by atoms with van der Waals surface area (Å²) in [4.78, 5) is 28.8. The number of carbonyl (C=O) groups is 2. The molecule has 6 heteroatoms. The van der Waals surface area contributed by atoms with Gasteiger partial charge in [-0.3, -0.25) is 9.20 Å². The number of imidazole rings is 1. The van der Waals surface area contributed by atoms with Crippen molar-refractivity contribution >= 4 is 23.2 Å². The standard InChI is InChI=1S/C19H19N3O3/c1-4-25-19(24)14-5-7-15(8-6-14)21-18(23)17-13(3)20-16-11-12(2)9-10-22(16)17/h5-11H,4H2,1-3H3,(H,21,23). The molecule has 0 saturated heterocycles. The Hall–Kier alpha value is -3.15. The van der Waals surface area contributed by atoms with Crippen LogP contribution in [0.3, 0.4) is 0 Å². The van der Waals surface area contributed by atoms with Crippen LogP contribution in [0.5, 0.6) is 0 Å². The first-order valence-electron chi connectivity index (χ1n) is 8.03. The molecule has 0 bridgehead atoms. The van der Waals surface area contributed by atoms with E-state index in [1.54, 1.807) is 42.5 Å². The fourth-order valence-corrected chi connectivity index (χ4v) is 2.63. The second-order valence-corrected chi connectivity index (χ2v) is 5.73.